The van der Waals surface area contributed by atoms with Gasteiger partial charge in [0.1, 0.15) is 5.82 Å². The lowest BCUT2D eigenvalue weighted by molar-refractivity contribution is 0.318. The molecule has 8 heteroatoms. The minimum absolute atomic E-state index is 0.0741. The van der Waals surface area contributed by atoms with E-state index in [0.29, 0.717) is 0 Å². The average Bonchev–Trinajstić information content (AvgIpc) is 3.44. The van der Waals surface area contributed by atoms with Crippen molar-refractivity contribution in [1.82, 2.24) is 14.5 Å². The molecule has 0 bridgehead atoms. The van der Waals surface area contributed by atoms with Gasteiger partial charge in [0.25, 0.3) is 10.1 Å². The summed E-state index contributed by atoms with van der Waals surface area (Å²) in [6.07, 6.45) is 2.61. The van der Waals surface area contributed by atoms with Crippen molar-refractivity contribution in [2.24, 2.45) is 0 Å². The Morgan fingerprint density at radius 3 is 2.12 bits per heavy atom. The van der Waals surface area contributed by atoms with E-state index in [9.17, 15) is 8.42 Å². The van der Waals surface area contributed by atoms with Crippen LogP contribution in [0, 0.1) is 0 Å². The van der Waals surface area contributed by atoms with Gasteiger partial charge < -0.3 is 4.57 Å². The Bertz CT molecular complexity index is 1300. The van der Waals surface area contributed by atoms with Gasteiger partial charge in [-0.05, 0) is 67.9 Å². The van der Waals surface area contributed by atoms with Crippen LogP contribution in [-0.4, -0.2) is 40.5 Å². The van der Waals surface area contributed by atoms with Crippen LogP contribution in [0.15, 0.2) is 83.8 Å². The number of para-hydroxylation sites is 2. The third-order valence-corrected chi connectivity index (χ3v) is 6.71. The standard InChI is InChI=1S/C19H20ClN3.C6H6O3S/c20-16-9-7-15(8-10-16)13-23-18-6-2-1-5-17(18)21-19(23)14-22-11-3-4-12-22;7-10(8,9)6-4-2-1-3-5-6/h1-2,5-10H,3-4,11-14H2;1-5H,(H,7,8,9). The highest BCUT2D eigenvalue weighted by atomic mass is 35.5. The summed E-state index contributed by atoms with van der Waals surface area (Å²) in [5.74, 6) is 1.16. The van der Waals surface area contributed by atoms with Crippen LogP contribution in [0.2, 0.25) is 5.02 Å². The van der Waals surface area contributed by atoms with Crippen LogP contribution >= 0.6 is 11.6 Å². The van der Waals surface area contributed by atoms with Crippen LogP contribution in [0.3, 0.4) is 0 Å². The molecule has 0 saturated carbocycles. The number of benzene rings is 3. The monoisotopic (exact) mass is 483 g/mol. The van der Waals surface area contributed by atoms with Gasteiger partial charge in [-0.1, -0.05) is 54.1 Å². The maximum absolute atomic E-state index is 10.4. The van der Waals surface area contributed by atoms with E-state index in [1.54, 1.807) is 18.2 Å². The molecular formula is C25H26ClN3O3S. The summed E-state index contributed by atoms with van der Waals surface area (Å²) >= 11 is 6.01. The molecule has 0 radical (unpaired) electrons. The number of rotatable bonds is 5. The summed E-state index contributed by atoms with van der Waals surface area (Å²) in [4.78, 5) is 7.31. The minimum Gasteiger partial charge on any atom is -0.322 e. The van der Waals surface area contributed by atoms with Crippen LogP contribution in [0.4, 0.5) is 0 Å². The normalized spacial score (nSPS) is 14.2. The first kappa shape index (κ1) is 23.4. The van der Waals surface area contributed by atoms with Gasteiger partial charge in [0.15, 0.2) is 0 Å². The Hall–Kier alpha value is -2.71. The number of fused-ring (bicyclic) bond motifs is 1. The van der Waals surface area contributed by atoms with Crippen LogP contribution < -0.4 is 0 Å². The zero-order valence-electron chi connectivity index (χ0n) is 18.1. The second-order valence-electron chi connectivity index (χ2n) is 8.00. The van der Waals surface area contributed by atoms with Gasteiger partial charge in [-0.15, -0.1) is 0 Å². The van der Waals surface area contributed by atoms with Crippen LogP contribution in [0.1, 0.15) is 24.2 Å². The highest BCUT2D eigenvalue weighted by Crippen LogP contribution is 2.21. The van der Waals surface area contributed by atoms with Gasteiger partial charge in [0.2, 0.25) is 0 Å². The molecule has 5 rings (SSSR count). The van der Waals surface area contributed by atoms with Crippen molar-refractivity contribution in [3.63, 3.8) is 0 Å². The van der Waals surface area contributed by atoms with E-state index in [-0.39, 0.29) is 4.90 Å². The van der Waals surface area contributed by atoms with Gasteiger partial charge in [-0.3, -0.25) is 9.45 Å². The summed E-state index contributed by atoms with van der Waals surface area (Å²) in [5.41, 5.74) is 3.53. The Balaban J connectivity index is 0.000000219. The number of aromatic nitrogens is 2. The molecule has 2 heterocycles. The fraction of sp³-hybridized carbons (Fsp3) is 0.240. The molecule has 3 aromatic carbocycles. The van der Waals surface area contributed by atoms with E-state index >= 15 is 0 Å². The van der Waals surface area contributed by atoms with Crippen LogP contribution in [0.25, 0.3) is 11.0 Å². The Labute approximate surface area is 199 Å². The first-order valence-electron chi connectivity index (χ1n) is 10.8. The van der Waals surface area contributed by atoms with Crippen molar-refractivity contribution in [1.29, 1.82) is 0 Å². The SMILES string of the molecule is Clc1ccc(Cn2c(CN3CCCC3)nc3ccccc32)cc1.O=S(=O)(O)c1ccccc1. The molecule has 33 heavy (non-hydrogen) atoms. The van der Waals surface area contributed by atoms with Gasteiger partial charge in [0.05, 0.1) is 22.5 Å². The maximum Gasteiger partial charge on any atom is 0.294 e. The molecule has 0 amide bonds. The van der Waals surface area contributed by atoms with E-state index in [1.807, 2.05) is 12.1 Å². The highest BCUT2D eigenvalue weighted by Gasteiger charge is 2.17. The van der Waals surface area contributed by atoms with E-state index in [4.69, 9.17) is 21.1 Å². The van der Waals surface area contributed by atoms with Crippen LogP contribution in [0.5, 0.6) is 0 Å². The van der Waals surface area contributed by atoms with Gasteiger partial charge in [0, 0.05) is 11.6 Å². The van der Waals surface area contributed by atoms with Crippen molar-refractivity contribution in [3.8, 4) is 0 Å². The lowest BCUT2D eigenvalue weighted by Crippen LogP contribution is -2.21. The summed E-state index contributed by atoms with van der Waals surface area (Å²) in [7, 11) is -4.00. The van der Waals surface area contributed by atoms with E-state index in [1.165, 1.54) is 49.1 Å². The lowest BCUT2D eigenvalue weighted by Gasteiger charge is -2.16. The Morgan fingerprint density at radius 2 is 1.48 bits per heavy atom. The molecule has 0 atom stereocenters. The van der Waals surface area contributed by atoms with Crippen molar-refractivity contribution >= 4 is 32.8 Å². The minimum atomic E-state index is -4.00. The molecule has 0 unspecified atom stereocenters. The summed E-state index contributed by atoms with van der Waals surface area (Å²) < 4.78 is 31.6. The quantitative estimate of drug-likeness (QED) is 0.391. The largest absolute Gasteiger partial charge is 0.322 e. The molecule has 0 spiro atoms. The van der Waals surface area contributed by atoms with E-state index < -0.39 is 10.1 Å². The summed E-state index contributed by atoms with van der Waals surface area (Å²) in [5, 5.41) is 0.779. The second-order valence-corrected chi connectivity index (χ2v) is 9.86. The topological polar surface area (TPSA) is 75.4 Å². The van der Waals surface area contributed by atoms with Gasteiger partial charge in [-0.25, -0.2) is 4.98 Å². The number of nitrogens with zero attached hydrogens (tertiary/aromatic N) is 3. The average molecular weight is 484 g/mol. The molecule has 1 N–H and O–H groups in total. The smallest absolute Gasteiger partial charge is 0.294 e. The number of hydrogen-bond acceptors (Lipinski definition) is 4. The molecule has 1 saturated heterocycles. The third kappa shape index (κ3) is 6.21. The number of hydrogen-bond donors (Lipinski definition) is 1. The predicted octanol–water partition coefficient (Wildman–Crippen LogP) is 5.27. The molecule has 1 fully saturated rings. The van der Waals surface area contributed by atoms with Crippen molar-refractivity contribution in [2.75, 3.05) is 13.1 Å². The third-order valence-electron chi connectivity index (χ3n) is 5.59. The number of halogens is 1. The molecule has 6 nitrogen and oxygen atoms in total. The predicted molar refractivity (Wildman–Crippen MR) is 131 cm³/mol. The van der Waals surface area contributed by atoms with Crippen molar-refractivity contribution < 1.29 is 13.0 Å². The zero-order valence-corrected chi connectivity index (χ0v) is 19.7. The van der Waals surface area contributed by atoms with Crippen molar-refractivity contribution in [2.45, 2.75) is 30.8 Å². The molecule has 1 aliphatic rings. The molecule has 1 aliphatic heterocycles. The molecule has 172 valence electrons. The first-order chi connectivity index (χ1) is 15.9. The number of imidazole rings is 1. The molecule has 0 aliphatic carbocycles. The van der Waals surface area contributed by atoms with Gasteiger partial charge in [-0.2, -0.15) is 8.42 Å². The number of likely N-dealkylation sites (tertiary alicyclic amines) is 1. The Kier molecular flexibility index (Phi) is 7.45. The molecule has 1 aromatic heterocycles. The zero-order chi connectivity index (χ0) is 23.3. The fourth-order valence-corrected chi connectivity index (χ4v) is 4.56. The van der Waals surface area contributed by atoms with E-state index in [0.717, 1.165) is 29.5 Å². The van der Waals surface area contributed by atoms with Crippen LogP contribution in [-0.2, 0) is 23.2 Å². The lowest BCUT2D eigenvalue weighted by atomic mass is 10.2. The fourth-order valence-electron chi connectivity index (χ4n) is 3.93. The summed E-state index contributed by atoms with van der Waals surface area (Å²) in [6, 6.07) is 23.9. The van der Waals surface area contributed by atoms with Crippen molar-refractivity contribution in [3.05, 3.63) is 95.3 Å². The maximum atomic E-state index is 10.4. The highest BCUT2D eigenvalue weighted by molar-refractivity contribution is 7.85. The second kappa shape index (κ2) is 10.5. The Morgan fingerprint density at radius 1 is 0.848 bits per heavy atom. The molecule has 4 aromatic rings. The van der Waals surface area contributed by atoms with E-state index in [2.05, 4.69) is 45.9 Å². The van der Waals surface area contributed by atoms with Gasteiger partial charge >= 0.3 is 0 Å². The first-order valence-corrected chi connectivity index (χ1v) is 12.7. The molecular weight excluding hydrogens is 458 g/mol. The summed E-state index contributed by atoms with van der Waals surface area (Å²) in [6.45, 7) is 4.14.